The Labute approximate surface area is 157 Å². The molecule has 2 fully saturated rings. The Morgan fingerprint density at radius 2 is 1.70 bits per heavy atom. The van der Waals surface area contributed by atoms with E-state index in [0.717, 1.165) is 6.42 Å². The van der Waals surface area contributed by atoms with Gasteiger partial charge in [0, 0.05) is 6.20 Å². The van der Waals surface area contributed by atoms with Crippen LogP contribution in [0.3, 0.4) is 0 Å². The summed E-state index contributed by atoms with van der Waals surface area (Å²) in [5.74, 6) is -1.79. The van der Waals surface area contributed by atoms with Crippen molar-refractivity contribution in [3.05, 3.63) is 54.7 Å². The van der Waals surface area contributed by atoms with Gasteiger partial charge in [0.15, 0.2) is 0 Å². The van der Waals surface area contributed by atoms with Gasteiger partial charge in [-0.2, -0.15) is 0 Å². The first-order chi connectivity index (χ1) is 13.1. The van der Waals surface area contributed by atoms with Crippen molar-refractivity contribution < 1.29 is 14.4 Å². The van der Waals surface area contributed by atoms with Gasteiger partial charge < -0.3 is 5.32 Å². The van der Waals surface area contributed by atoms with E-state index in [9.17, 15) is 14.4 Å². The van der Waals surface area contributed by atoms with Gasteiger partial charge >= 0.3 is 0 Å². The maximum Gasteiger partial charge on any atom is 0.238 e. The second-order valence-corrected chi connectivity index (χ2v) is 7.26. The Morgan fingerprint density at radius 1 is 1.00 bits per heavy atom. The molecule has 6 nitrogen and oxygen atoms in total. The average Bonchev–Trinajstić information content (AvgIpc) is 2.95. The number of imide groups is 1. The fraction of sp³-hybridized carbons (Fsp3) is 0.333. The van der Waals surface area contributed by atoms with Gasteiger partial charge in [-0.15, -0.1) is 0 Å². The van der Waals surface area contributed by atoms with Gasteiger partial charge in [-0.1, -0.05) is 31.2 Å². The fourth-order valence-electron chi connectivity index (χ4n) is 4.32. The first-order valence-corrected chi connectivity index (χ1v) is 9.22. The van der Waals surface area contributed by atoms with E-state index < -0.39 is 17.8 Å². The Morgan fingerprint density at radius 3 is 2.41 bits per heavy atom. The van der Waals surface area contributed by atoms with Crippen molar-refractivity contribution in [2.75, 3.05) is 10.2 Å². The summed E-state index contributed by atoms with van der Waals surface area (Å²) < 4.78 is 0. The van der Waals surface area contributed by atoms with Gasteiger partial charge in [0.2, 0.25) is 17.7 Å². The van der Waals surface area contributed by atoms with E-state index in [4.69, 9.17) is 0 Å². The van der Waals surface area contributed by atoms with E-state index in [2.05, 4.69) is 10.3 Å². The largest absolute Gasteiger partial charge is 0.310 e. The van der Waals surface area contributed by atoms with Gasteiger partial charge in [-0.25, -0.2) is 4.98 Å². The number of pyridine rings is 1. The molecule has 138 valence electrons. The van der Waals surface area contributed by atoms with Crippen LogP contribution < -0.4 is 10.2 Å². The third-order valence-electron chi connectivity index (χ3n) is 5.64. The molecule has 1 aromatic carbocycles. The average molecular weight is 363 g/mol. The van der Waals surface area contributed by atoms with Crippen LogP contribution in [0.4, 0.5) is 11.5 Å². The highest BCUT2D eigenvalue weighted by atomic mass is 16.2. The summed E-state index contributed by atoms with van der Waals surface area (Å²) in [5.41, 5.74) is 0.568. The number of nitrogens with one attached hydrogen (secondary N) is 1. The van der Waals surface area contributed by atoms with Crippen molar-refractivity contribution in [3.8, 4) is 0 Å². The van der Waals surface area contributed by atoms with Crippen LogP contribution in [0.2, 0.25) is 0 Å². The number of carbonyl (C=O) groups is 3. The Kier molecular flexibility index (Phi) is 4.48. The molecule has 3 amide bonds. The van der Waals surface area contributed by atoms with Crippen LogP contribution in [-0.2, 0) is 14.4 Å². The lowest BCUT2D eigenvalue weighted by Crippen LogP contribution is -2.41. The number of nitrogens with zero attached hydrogens (tertiary/aromatic N) is 2. The first-order valence-electron chi connectivity index (χ1n) is 9.22. The smallest absolute Gasteiger partial charge is 0.238 e. The highest BCUT2D eigenvalue weighted by Gasteiger charge is 2.56. The number of rotatable bonds is 3. The topological polar surface area (TPSA) is 79.4 Å². The molecule has 27 heavy (non-hydrogen) atoms. The minimum Gasteiger partial charge on any atom is -0.310 e. The van der Waals surface area contributed by atoms with E-state index in [-0.39, 0.29) is 23.6 Å². The minimum atomic E-state index is -0.620. The molecule has 1 aliphatic heterocycles. The van der Waals surface area contributed by atoms with E-state index in [1.165, 1.54) is 4.90 Å². The zero-order valence-electron chi connectivity index (χ0n) is 15.0. The van der Waals surface area contributed by atoms with Crippen molar-refractivity contribution >= 4 is 29.2 Å². The number of carbonyl (C=O) groups excluding carboxylic acids is 3. The van der Waals surface area contributed by atoms with E-state index in [0.29, 0.717) is 17.9 Å². The molecular weight excluding hydrogens is 342 g/mol. The second kappa shape index (κ2) is 6.95. The maximum absolute atomic E-state index is 13.2. The number of benzene rings is 1. The molecular formula is C21H21N3O3. The maximum atomic E-state index is 13.2. The van der Waals surface area contributed by atoms with E-state index in [1.807, 2.05) is 13.0 Å². The summed E-state index contributed by atoms with van der Waals surface area (Å²) in [6, 6.07) is 14.2. The van der Waals surface area contributed by atoms with Gasteiger partial charge in [-0.3, -0.25) is 19.3 Å². The molecule has 6 heteroatoms. The normalized spacial score (nSPS) is 27.4. The molecule has 1 saturated carbocycles. The van der Waals surface area contributed by atoms with Crippen molar-refractivity contribution in [1.82, 2.24) is 4.98 Å². The molecule has 0 bridgehead atoms. The number of hydrogen-bond donors (Lipinski definition) is 1. The lowest BCUT2D eigenvalue weighted by Gasteiger charge is -2.33. The van der Waals surface area contributed by atoms with Gasteiger partial charge in [0.25, 0.3) is 0 Å². The highest BCUT2D eigenvalue weighted by Crippen LogP contribution is 2.46. The summed E-state index contributed by atoms with van der Waals surface area (Å²) in [6.45, 7) is 1.99. The predicted octanol–water partition coefficient (Wildman–Crippen LogP) is 2.87. The van der Waals surface area contributed by atoms with Crippen molar-refractivity contribution in [1.29, 1.82) is 0 Å². The molecule has 0 radical (unpaired) electrons. The van der Waals surface area contributed by atoms with E-state index in [1.54, 1.807) is 48.7 Å². The molecule has 1 N–H and O–H groups in total. The molecule has 4 rings (SSSR count). The second-order valence-electron chi connectivity index (χ2n) is 7.26. The van der Waals surface area contributed by atoms with Gasteiger partial charge in [0.05, 0.1) is 23.4 Å². The number of hydrogen-bond acceptors (Lipinski definition) is 4. The van der Waals surface area contributed by atoms with Crippen LogP contribution in [0.25, 0.3) is 0 Å². The quantitative estimate of drug-likeness (QED) is 0.851. The minimum absolute atomic E-state index is 0.0686. The summed E-state index contributed by atoms with van der Waals surface area (Å²) in [7, 11) is 0. The standard InChI is InChI=1S/C21H21N3O3/c1-13-10-11-15(19(25)23-16-9-5-6-12-22-16)18-17(13)20(26)24(21(18)27)14-7-3-2-4-8-14/h2-9,12-13,15,17-18H,10-11H2,1H3,(H,22,23,25)/t13-,15+,17-,18-/m1/s1. The number of anilines is 2. The lowest BCUT2D eigenvalue weighted by molar-refractivity contribution is -0.133. The summed E-state index contributed by atoms with van der Waals surface area (Å²) in [5, 5.41) is 2.80. The molecule has 1 aromatic heterocycles. The summed E-state index contributed by atoms with van der Waals surface area (Å²) in [6.07, 6.45) is 2.93. The van der Waals surface area contributed by atoms with Crippen molar-refractivity contribution in [2.45, 2.75) is 19.8 Å². The Bertz CT molecular complexity index is 869. The summed E-state index contributed by atoms with van der Waals surface area (Å²) in [4.78, 5) is 44.5. The molecule has 1 aliphatic carbocycles. The Balaban J connectivity index is 1.63. The fourth-order valence-corrected chi connectivity index (χ4v) is 4.32. The zero-order valence-corrected chi connectivity index (χ0v) is 15.0. The van der Waals surface area contributed by atoms with Crippen LogP contribution >= 0.6 is 0 Å². The van der Waals surface area contributed by atoms with Crippen molar-refractivity contribution in [2.24, 2.45) is 23.7 Å². The molecule has 2 aliphatic rings. The van der Waals surface area contributed by atoms with Crippen LogP contribution in [0.1, 0.15) is 19.8 Å². The van der Waals surface area contributed by atoms with Gasteiger partial charge in [0.1, 0.15) is 5.82 Å². The monoisotopic (exact) mass is 363 g/mol. The molecule has 1 saturated heterocycles. The lowest BCUT2D eigenvalue weighted by atomic mass is 9.68. The predicted molar refractivity (Wildman–Crippen MR) is 101 cm³/mol. The third kappa shape index (κ3) is 3.01. The van der Waals surface area contributed by atoms with Crippen molar-refractivity contribution in [3.63, 3.8) is 0 Å². The number of aromatic nitrogens is 1. The van der Waals surface area contributed by atoms with E-state index >= 15 is 0 Å². The first kappa shape index (κ1) is 17.4. The zero-order chi connectivity index (χ0) is 19.0. The SMILES string of the molecule is C[C@@H]1CC[C@H](C(=O)Nc2ccccn2)[C@H]2C(=O)N(c3ccccc3)C(=O)[C@@H]21. The Hall–Kier alpha value is -3.02. The number of para-hydroxylation sites is 1. The summed E-state index contributed by atoms with van der Waals surface area (Å²) >= 11 is 0. The highest BCUT2D eigenvalue weighted by molar-refractivity contribution is 6.23. The van der Waals surface area contributed by atoms with Crippen LogP contribution in [0, 0.1) is 23.7 Å². The molecule has 0 spiro atoms. The van der Waals surface area contributed by atoms with Crippen LogP contribution in [0.15, 0.2) is 54.7 Å². The molecule has 4 atom stereocenters. The van der Waals surface area contributed by atoms with Crippen LogP contribution in [-0.4, -0.2) is 22.7 Å². The number of fused-ring (bicyclic) bond motifs is 1. The molecule has 0 unspecified atom stereocenters. The number of amides is 3. The van der Waals surface area contributed by atoms with Crippen LogP contribution in [0.5, 0.6) is 0 Å². The third-order valence-corrected chi connectivity index (χ3v) is 5.64. The molecule has 2 heterocycles. The van der Waals surface area contributed by atoms with Gasteiger partial charge in [-0.05, 0) is 43.0 Å². The molecule has 2 aromatic rings.